The summed E-state index contributed by atoms with van der Waals surface area (Å²) in [6, 6.07) is 0. The monoisotopic (exact) mass is 141 g/mol. The number of carbonyl (C=O) groups excluding carboxylic acids is 2. The van der Waals surface area contributed by atoms with Gasteiger partial charge in [0.2, 0.25) is 0 Å². The third-order valence-electron chi connectivity index (χ3n) is 0.881. The normalized spacial score (nSPS) is 7.70. The van der Waals surface area contributed by atoms with Crippen LogP contribution in [0.5, 0.6) is 0 Å². The fraction of sp³-hybridized carbons (Fsp3) is 0.333. The number of carbonyl (C=O) groups is 1. The fourth-order valence-corrected chi connectivity index (χ4v) is 0.269. The van der Waals surface area contributed by atoms with E-state index in [4.69, 9.17) is 0 Å². The Morgan fingerprint density at radius 1 is 1.80 bits per heavy atom. The summed E-state index contributed by atoms with van der Waals surface area (Å²) in [6.45, 7) is 5.11. The molecule has 0 aromatic carbocycles. The summed E-state index contributed by atoms with van der Waals surface area (Å²) in [5.74, 6) is -0.689. The standard InChI is InChI=1S/C6H7NO3/c1-3-5(2)6(9)10-7-4-8/h2-3H2,1H3. The van der Waals surface area contributed by atoms with Gasteiger partial charge in [-0.05, 0) is 6.42 Å². The van der Waals surface area contributed by atoms with E-state index in [2.05, 4.69) is 16.6 Å². The van der Waals surface area contributed by atoms with E-state index in [1.54, 1.807) is 6.92 Å². The Hall–Kier alpha value is -1.41. The number of nitrogens with zero attached hydrogens (tertiary/aromatic N) is 1. The molecule has 0 rings (SSSR count). The van der Waals surface area contributed by atoms with Crippen molar-refractivity contribution < 1.29 is 14.4 Å². The first-order valence-corrected chi connectivity index (χ1v) is 2.68. The van der Waals surface area contributed by atoms with Crippen LogP contribution in [0.15, 0.2) is 17.3 Å². The van der Waals surface area contributed by atoms with Gasteiger partial charge in [-0.3, -0.25) is 0 Å². The molecule has 0 saturated heterocycles. The van der Waals surface area contributed by atoms with E-state index < -0.39 is 5.97 Å². The van der Waals surface area contributed by atoms with Gasteiger partial charge < -0.3 is 4.84 Å². The van der Waals surface area contributed by atoms with E-state index in [0.717, 1.165) is 6.08 Å². The molecule has 0 aliphatic heterocycles. The molecule has 0 spiro atoms. The minimum Gasteiger partial charge on any atom is -0.302 e. The Labute approximate surface area is 58.2 Å². The minimum atomic E-state index is -0.689. The van der Waals surface area contributed by atoms with E-state index in [-0.39, 0.29) is 5.57 Å². The maximum atomic E-state index is 10.5. The molecule has 0 radical (unpaired) electrons. The summed E-state index contributed by atoms with van der Waals surface area (Å²) < 4.78 is 0. The molecule has 0 aliphatic rings. The SMILES string of the molecule is C=C(CC)C(=O)ON=C=O. The molecule has 54 valence electrons. The Bertz CT molecular complexity index is 191. The van der Waals surface area contributed by atoms with Gasteiger partial charge in [0.1, 0.15) is 0 Å². The van der Waals surface area contributed by atoms with E-state index in [1.807, 2.05) is 0 Å². The first-order valence-electron chi connectivity index (χ1n) is 2.68. The Morgan fingerprint density at radius 2 is 2.40 bits per heavy atom. The molecule has 0 N–H and O–H groups in total. The van der Waals surface area contributed by atoms with Crippen molar-refractivity contribution in [2.75, 3.05) is 0 Å². The Balaban J connectivity index is 3.85. The number of rotatable bonds is 3. The predicted molar refractivity (Wildman–Crippen MR) is 33.6 cm³/mol. The van der Waals surface area contributed by atoms with Crippen LogP contribution in [0.3, 0.4) is 0 Å². The summed E-state index contributed by atoms with van der Waals surface area (Å²) in [7, 11) is 0. The molecule has 0 unspecified atom stereocenters. The van der Waals surface area contributed by atoms with Crippen molar-refractivity contribution in [3.8, 4) is 0 Å². The molecule has 0 amide bonds. The van der Waals surface area contributed by atoms with Crippen molar-refractivity contribution in [3.05, 3.63) is 12.2 Å². The molecule has 4 nitrogen and oxygen atoms in total. The van der Waals surface area contributed by atoms with E-state index in [0.29, 0.717) is 6.42 Å². The zero-order valence-corrected chi connectivity index (χ0v) is 5.59. The van der Waals surface area contributed by atoms with Crippen LogP contribution in [0.25, 0.3) is 0 Å². The van der Waals surface area contributed by atoms with Crippen LogP contribution in [-0.4, -0.2) is 12.0 Å². The summed E-state index contributed by atoms with van der Waals surface area (Å²) in [4.78, 5) is 24.0. The summed E-state index contributed by atoms with van der Waals surface area (Å²) in [5.41, 5.74) is 0.277. The lowest BCUT2D eigenvalue weighted by Crippen LogP contribution is -2.01. The molecule has 0 aliphatic carbocycles. The van der Waals surface area contributed by atoms with Crippen LogP contribution in [0, 0.1) is 0 Å². The third-order valence-corrected chi connectivity index (χ3v) is 0.881. The smallest absolute Gasteiger partial charge is 0.302 e. The fourth-order valence-electron chi connectivity index (χ4n) is 0.269. The van der Waals surface area contributed by atoms with Crippen LogP contribution in [0.2, 0.25) is 0 Å². The first-order chi connectivity index (χ1) is 4.72. The zero-order valence-electron chi connectivity index (χ0n) is 5.59. The number of hydrogen-bond donors (Lipinski definition) is 0. The molecule has 0 atom stereocenters. The highest BCUT2D eigenvalue weighted by Crippen LogP contribution is 1.98. The zero-order chi connectivity index (χ0) is 7.98. The highest BCUT2D eigenvalue weighted by molar-refractivity contribution is 5.87. The third kappa shape index (κ3) is 2.79. The van der Waals surface area contributed by atoms with Gasteiger partial charge in [0.15, 0.2) is 0 Å². The van der Waals surface area contributed by atoms with Crippen molar-refractivity contribution in [1.82, 2.24) is 0 Å². The summed E-state index contributed by atoms with van der Waals surface area (Å²) in [6.07, 6.45) is 1.55. The van der Waals surface area contributed by atoms with Gasteiger partial charge in [-0.25, -0.2) is 9.59 Å². The average molecular weight is 141 g/mol. The molecular weight excluding hydrogens is 134 g/mol. The summed E-state index contributed by atoms with van der Waals surface area (Å²) in [5, 5.41) is 2.62. The van der Waals surface area contributed by atoms with Crippen molar-refractivity contribution in [2.24, 2.45) is 5.16 Å². The lowest BCUT2D eigenvalue weighted by atomic mass is 10.2. The lowest BCUT2D eigenvalue weighted by molar-refractivity contribution is -0.139. The lowest BCUT2D eigenvalue weighted by Gasteiger charge is -1.93. The predicted octanol–water partition coefficient (Wildman–Crippen LogP) is 0.747. The average Bonchev–Trinajstić information content (AvgIpc) is 1.98. The van der Waals surface area contributed by atoms with E-state index in [1.165, 1.54) is 0 Å². The Kier molecular flexibility index (Phi) is 3.84. The highest BCUT2D eigenvalue weighted by Gasteiger charge is 2.04. The second kappa shape index (κ2) is 4.47. The van der Waals surface area contributed by atoms with Gasteiger partial charge in [-0.2, -0.15) is 0 Å². The van der Waals surface area contributed by atoms with Crippen molar-refractivity contribution >= 4 is 12.0 Å². The van der Waals surface area contributed by atoms with Crippen LogP contribution >= 0.6 is 0 Å². The Morgan fingerprint density at radius 3 is 2.80 bits per heavy atom. The van der Waals surface area contributed by atoms with Crippen LogP contribution < -0.4 is 0 Å². The van der Waals surface area contributed by atoms with Crippen LogP contribution in [0.4, 0.5) is 0 Å². The highest BCUT2D eigenvalue weighted by atomic mass is 16.7. The van der Waals surface area contributed by atoms with Crippen LogP contribution in [0.1, 0.15) is 13.3 Å². The second-order valence-corrected chi connectivity index (χ2v) is 1.52. The number of hydrogen-bond acceptors (Lipinski definition) is 4. The molecule has 0 fully saturated rings. The molecule has 4 heteroatoms. The van der Waals surface area contributed by atoms with Gasteiger partial charge >= 0.3 is 5.97 Å². The molecule has 0 heterocycles. The number of isocyanates is 1. The second-order valence-electron chi connectivity index (χ2n) is 1.52. The molecule has 0 aromatic rings. The first kappa shape index (κ1) is 8.59. The quantitative estimate of drug-likeness (QED) is 0.191. The van der Waals surface area contributed by atoms with Gasteiger partial charge in [-0.15, -0.1) is 0 Å². The minimum absolute atomic E-state index is 0.277. The molecule has 0 aromatic heterocycles. The summed E-state index contributed by atoms with van der Waals surface area (Å²) >= 11 is 0. The van der Waals surface area contributed by atoms with Gasteiger partial charge in [-0.1, -0.05) is 13.5 Å². The van der Waals surface area contributed by atoms with Gasteiger partial charge in [0.25, 0.3) is 6.08 Å². The van der Waals surface area contributed by atoms with Crippen LogP contribution in [-0.2, 0) is 14.4 Å². The van der Waals surface area contributed by atoms with Gasteiger partial charge in [0.05, 0.1) is 0 Å². The largest absolute Gasteiger partial charge is 0.362 e. The van der Waals surface area contributed by atoms with Crippen molar-refractivity contribution in [1.29, 1.82) is 0 Å². The molecule has 0 saturated carbocycles. The maximum Gasteiger partial charge on any atom is 0.362 e. The van der Waals surface area contributed by atoms with Crippen molar-refractivity contribution in [2.45, 2.75) is 13.3 Å². The van der Waals surface area contributed by atoms with E-state index >= 15 is 0 Å². The van der Waals surface area contributed by atoms with Gasteiger partial charge in [0, 0.05) is 10.7 Å². The maximum absolute atomic E-state index is 10.5. The molecule has 10 heavy (non-hydrogen) atoms. The topological polar surface area (TPSA) is 55.7 Å². The van der Waals surface area contributed by atoms with Crippen molar-refractivity contribution in [3.63, 3.8) is 0 Å². The molecular formula is C6H7NO3. The molecule has 0 bridgehead atoms. The van der Waals surface area contributed by atoms with E-state index in [9.17, 15) is 9.59 Å².